The molecule has 8 nitrogen and oxygen atoms in total. The molecule has 1 aromatic heterocycles. The third kappa shape index (κ3) is 5.82. The van der Waals surface area contributed by atoms with E-state index in [0.717, 1.165) is 13.1 Å². The normalized spacial score (nSPS) is 10.5. The van der Waals surface area contributed by atoms with Gasteiger partial charge in [0.2, 0.25) is 0 Å². The van der Waals surface area contributed by atoms with Gasteiger partial charge in [-0.05, 0) is 57.4 Å². The maximum atomic E-state index is 12.2. The summed E-state index contributed by atoms with van der Waals surface area (Å²) in [6, 6.07) is 9.77. The predicted molar refractivity (Wildman–Crippen MR) is 99.4 cm³/mol. The number of ether oxygens (including phenoxy) is 1. The van der Waals surface area contributed by atoms with E-state index in [1.54, 1.807) is 43.3 Å². The summed E-state index contributed by atoms with van der Waals surface area (Å²) in [7, 11) is 3.97. The average Bonchev–Trinajstić information content (AvgIpc) is 2.63. The van der Waals surface area contributed by atoms with Gasteiger partial charge in [-0.25, -0.2) is 4.79 Å². The topological polar surface area (TPSA) is 96.4 Å². The molecular weight excluding hydrogens is 334 g/mol. The molecule has 2 N–H and O–H groups in total. The van der Waals surface area contributed by atoms with Gasteiger partial charge in [0.15, 0.2) is 5.69 Å². The molecule has 0 aliphatic rings. The van der Waals surface area contributed by atoms with Crippen LogP contribution in [0, 0.1) is 0 Å². The fraction of sp³-hybridized carbons (Fsp3) is 0.333. The van der Waals surface area contributed by atoms with Crippen molar-refractivity contribution in [1.82, 2.24) is 15.1 Å². The molecule has 0 saturated heterocycles. The third-order valence-electron chi connectivity index (χ3n) is 3.42. The Morgan fingerprint density at radius 2 is 1.81 bits per heavy atom. The minimum atomic E-state index is -0.395. The van der Waals surface area contributed by atoms with Gasteiger partial charge < -0.3 is 20.3 Å². The van der Waals surface area contributed by atoms with Crippen LogP contribution in [0.15, 0.2) is 36.4 Å². The van der Waals surface area contributed by atoms with Crippen molar-refractivity contribution in [3.63, 3.8) is 0 Å². The Morgan fingerprint density at radius 1 is 1.08 bits per heavy atom. The standard InChI is InChI=1S/C18H23N5O3/c1-4-26-18(25)13-5-7-14(8-6-13)20-17(24)15-9-10-16(22-21-15)19-11-12-23(2)3/h5-10H,4,11-12H2,1-3H3,(H,19,22)(H,20,24). The van der Waals surface area contributed by atoms with Gasteiger partial charge in [-0.3, -0.25) is 4.79 Å². The minimum Gasteiger partial charge on any atom is -0.462 e. The predicted octanol–water partition coefficient (Wildman–Crippen LogP) is 1.88. The molecule has 2 aromatic rings. The molecule has 0 unspecified atom stereocenters. The first kappa shape index (κ1) is 19.3. The molecular formula is C18H23N5O3. The summed E-state index contributed by atoms with van der Waals surface area (Å²) in [5, 5.41) is 13.8. The van der Waals surface area contributed by atoms with Gasteiger partial charge in [0, 0.05) is 18.8 Å². The van der Waals surface area contributed by atoms with Gasteiger partial charge >= 0.3 is 5.97 Å². The number of likely N-dealkylation sites (N-methyl/N-ethyl adjacent to an activating group) is 1. The Hall–Kier alpha value is -3.00. The quantitative estimate of drug-likeness (QED) is 0.696. The van der Waals surface area contributed by atoms with E-state index < -0.39 is 5.97 Å². The van der Waals surface area contributed by atoms with Crippen LogP contribution in [-0.4, -0.2) is 60.8 Å². The van der Waals surface area contributed by atoms with Gasteiger partial charge in [-0.2, -0.15) is 0 Å². The molecule has 138 valence electrons. The molecule has 0 bridgehead atoms. The zero-order chi connectivity index (χ0) is 18.9. The van der Waals surface area contributed by atoms with Crippen molar-refractivity contribution in [2.75, 3.05) is 44.4 Å². The van der Waals surface area contributed by atoms with Crippen molar-refractivity contribution >= 4 is 23.4 Å². The Kier molecular flexibility index (Phi) is 7.04. The van der Waals surface area contributed by atoms with E-state index in [0.29, 0.717) is 23.7 Å². The van der Waals surface area contributed by atoms with Crippen LogP contribution < -0.4 is 10.6 Å². The van der Waals surface area contributed by atoms with Crippen LogP contribution in [0.1, 0.15) is 27.8 Å². The molecule has 0 radical (unpaired) electrons. The molecule has 26 heavy (non-hydrogen) atoms. The summed E-state index contributed by atoms with van der Waals surface area (Å²) in [6.07, 6.45) is 0. The van der Waals surface area contributed by atoms with Crippen molar-refractivity contribution in [2.45, 2.75) is 6.92 Å². The number of nitrogens with one attached hydrogen (secondary N) is 2. The molecule has 1 aromatic carbocycles. The lowest BCUT2D eigenvalue weighted by Gasteiger charge is -2.10. The van der Waals surface area contributed by atoms with Crippen LogP contribution in [0.2, 0.25) is 0 Å². The molecule has 0 aliphatic heterocycles. The second kappa shape index (κ2) is 9.47. The van der Waals surface area contributed by atoms with Crippen LogP contribution in [-0.2, 0) is 4.74 Å². The van der Waals surface area contributed by atoms with Crippen molar-refractivity contribution in [1.29, 1.82) is 0 Å². The molecule has 8 heteroatoms. The van der Waals surface area contributed by atoms with Crippen molar-refractivity contribution in [2.24, 2.45) is 0 Å². The summed E-state index contributed by atoms with van der Waals surface area (Å²) < 4.78 is 4.92. The van der Waals surface area contributed by atoms with Crippen LogP contribution >= 0.6 is 0 Å². The lowest BCUT2D eigenvalue weighted by Crippen LogP contribution is -2.21. The highest BCUT2D eigenvalue weighted by molar-refractivity contribution is 6.03. The second-order valence-electron chi connectivity index (χ2n) is 5.79. The fourth-order valence-corrected chi connectivity index (χ4v) is 2.05. The molecule has 2 rings (SSSR count). The van der Waals surface area contributed by atoms with Gasteiger partial charge in [-0.15, -0.1) is 10.2 Å². The van der Waals surface area contributed by atoms with Crippen molar-refractivity contribution in [3.05, 3.63) is 47.7 Å². The molecule has 1 heterocycles. The maximum absolute atomic E-state index is 12.2. The summed E-state index contributed by atoms with van der Waals surface area (Å²) in [6.45, 7) is 3.66. The summed E-state index contributed by atoms with van der Waals surface area (Å²) >= 11 is 0. The zero-order valence-corrected chi connectivity index (χ0v) is 15.2. The van der Waals surface area contributed by atoms with Crippen LogP contribution in [0.4, 0.5) is 11.5 Å². The van der Waals surface area contributed by atoms with Gasteiger partial charge in [0.1, 0.15) is 5.82 Å². The first-order chi connectivity index (χ1) is 12.5. The Bertz CT molecular complexity index is 729. The lowest BCUT2D eigenvalue weighted by atomic mass is 10.2. The van der Waals surface area contributed by atoms with E-state index in [-0.39, 0.29) is 11.6 Å². The number of hydrogen-bond donors (Lipinski definition) is 2. The molecule has 0 saturated carbocycles. The zero-order valence-electron chi connectivity index (χ0n) is 15.2. The first-order valence-corrected chi connectivity index (χ1v) is 8.30. The number of nitrogens with zero attached hydrogens (tertiary/aromatic N) is 3. The van der Waals surface area contributed by atoms with Crippen LogP contribution in [0.3, 0.4) is 0 Å². The van der Waals surface area contributed by atoms with E-state index in [2.05, 4.69) is 25.7 Å². The molecule has 0 atom stereocenters. The van der Waals surface area contributed by atoms with Crippen LogP contribution in [0.25, 0.3) is 0 Å². The van der Waals surface area contributed by atoms with E-state index in [4.69, 9.17) is 4.74 Å². The van der Waals surface area contributed by atoms with Gasteiger partial charge in [0.25, 0.3) is 5.91 Å². The van der Waals surface area contributed by atoms with Crippen LogP contribution in [0.5, 0.6) is 0 Å². The van der Waals surface area contributed by atoms with E-state index in [1.165, 1.54) is 0 Å². The SMILES string of the molecule is CCOC(=O)c1ccc(NC(=O)c2ccc(NCCN(C)C)nn2)cc1. The summed E-state index contributed by atoms with van der Waals surface area (Å²) in [4.78, 5) is 25.9. The average molecular weight is 357 g/mol. The number of benzene rings is 1. The van der Waals surface area contributed by atoms with E-state index >= 15 is 0 Å². The maximum Gasteiger partial charge on any atom is 0.338 e. The Balaban J connectivity index is 1.91. The minimum absolute atomic E-state index is 0.206. The van der Waals surface area contributed by atoms with E-state index in [1.807, 2.05) is 14.1 Å². The molecule has 0 spiro atoms. The largest absolute Gasteiger partial charge is 0.462 e. The highest BCUT2D eigenvalue weighted by Crippen LogP contribution is 2.12. The number of amides is 1. The number of carbonyl (C=O) groups is 2. The van der Waals surface area contributed by atoms with Gasteiger partial charge in [0.05, 0.1) is 12.2 Å². The monoisotopic (exact) mass is 357 g/mol. The summed E-state index contributed by atoms with van der Waals surface area (Å²) in [5.74, 6) is -0.156. The van der Waals surface area contributed by atoms with Crippen molar-refractivity contribution in [3.8, 4) is 0 Å². The Labute approximate surface area is 152 Å². The number of carbonyl (C=O) groups excluding carboxylic acids is 2. The summed E-state index contributed by atoms with van der Waals surface area (Å²) in [5.41, 5.74) is 1.19. The number of aromatic nitrogens is 2. The first-order valence-electron chi connectivity index (χ1n) is 8.30. The highest BCUT2D eigenvalue weighted by Gasteiger charge is 2.10. The Morgan fingerprint density at radius 3 is 2.38 bits per heavy atom. The lowest BCUT2D eigenvalue weighted by molar-refractivity contribution is 0.0526. The van der Waals surface area contributed by atoms with Crippen molar-refractivity contribution < 1.29 is 14.3 Å². The fourth-order valence-electron chi connectivity index (χ4n) is 2.05. The third-order valence-corrected chi connectivity index (χ3v) is 3.42. The number of anilines is 2. The molecule has 0 aliphatic carbocycles. The number of rotatable bonds is 8. The number of esters is 1. The highest BCUT2D eigenvalue weighted by atomic mass is 16.5. The molecule has 1 amide bonds. The number of hydrogen-bond acceptors (Lipinski definition) is 7. The molecule has 0 fully saturated rings. The van der Waals surface area contributed by atoms with E-state index in [9.17, 15) is 9.59 Å². The van der Waals surface area contributed by atoms with Gasteiger partial charge in [-0.1, -0.05) is 0 Å². The second-order valence-corrected chi connectivity index (χ2v) is 5.79. The smallest absolute Gasteiger partial charge is 0.338 e.